The number of benzene rings is 3. The smallest absolute Gasteiger partial charge is 0.166 e. The number of rotatable bonds is 4. The van der Waals surface area contributed by atoms with Crippen LogP contribution in [-0.4, -0.2) is 0 Å². The Hall–Kier alpha value is -3.02. The Morgan fingerprint density at radius 2 is 1.38 bits per heavy atom. The number of fused-ring (bicyclic) bond motifs is 1. The van der Waals surface area contributed by atoms with Gasteiger partial charge in [0.15, 0.2) is 0 Å². The van der Waals surface area contributed by atoms with Gasteiger partial charge in [0.25, 0.3) is 0 Å². The van der Waals surface area contributed by atoms with Crippen LogP contribution in [0.1, 0.15) is 46.7 Å². The van der Waals surface area contributed by atoms with Crippen molar-refractivity contribution in [1.29, 1.82) is 0 Å². The highest BCUT2D eigenvalue weighted by molar-refractivity contribution is 5.95. The van der Waals surface area contributed by atoms with Crippen molar-refractivity contribution in [3.8, 4) is 11.1 Å². The summed E-state index contributed by atoms with van der Waals surface area (Å²) in [4.78, 5) is 0. The van der Waals surface area contributed by atoms with Crippen LogP contribution in [0, 0.1) is 0 Å². The van der Waals surface area contributed by atoms with E-state index in [2.05, 4.69) is 0 Å². The standard InChI is InChI=1S/C26H20F6/c1-2-6-17-9-10-18-11-19(16-7-4-3-5-8-16)14-23(18)24(17)20-12-21(25(27,28)29)15-22(13-20)26(30,31)32/h3-5,7-10,12-15H,2,6,11H2,1H3. The summed E-state index contributed by atoms with van der Waals surface area (Å²) in [5.41, 5.74) is 2.09. The van der Waals surface area contributed by atoms with E-state index in [0.717, 1.165) is 34.4 Å². The molecule has 0 aromatic heterocycles. The van der Waals surface area contributed by atoms with Crippen LogP contribution >= 0.6 is 0 Å². The van der Waals surface area contributed by atoms with Gasteiger partial charge < -0.3 is 0 Å². The summed E-state index contributed by atoms with van der Waals surface area (Å²) in [7, 11) is 0. The lowest BCUT2D eigenvalue weighted by Crippen LogP contribution is -2.11. The maximum Gasteiger partial charge on any atom is 0.416 e. The number of alkyl halides is 6. The molecule has 0 N–H and O–H groups in total. The largest absolute Gasteiger partial charge is 0.416 e. The Kier molecular flexibility index (Phi) is 5.65. The lowest BCUT2D eigenvalue weighted by atomic mass is 9.88. The Morgan fingerprint density at radius 1 is 0.750 bits per heavy atom. The molecule has 3 aromatic rings. The average molecular weight is 446 g/mol. The molecule has 0 aliphatic heterocycles. The fraction of sp³-hybridized carbons (Fsp3) is 0.231. The molecule has 0 radical (unpaired) electrons. The van der Waals surface area contributed by atoms with Gasteiger partial charge in [-0.15, -0.1) is 0 Å². The highest BCUT2D eigenvalue weighted by atomic mass is 19.4. The van der Waals surface area contributed by atoms with Crippen LogP contribution in [0.2, 0.25) is 0 Å². The summed E-state index contributed by atoms with van der Waals surface area (Å²) < 4.78 is 80.9. The van der Waals surface area contributed by atoms with E-state index in [1.807, 2.05) is 55.5 Å². The molecule has 0 unspecified atom stereocenters. The predicted octanol–water partition coefficient (Wildman–Crippen LogP) is 8.44. The van der Waals surface area contributed by atoms with Crippen LogP contribution in [0.25, 0.3) is 22.8 Å². The number of hydrogen-bond donors (Lipinski definition) is 0. The maximum atomic E-state index is 13.5. The molecule has 0 amide bonds. The number of hydrogen-bond acceptors (Lipinski definition) is 0. The Bertz CT molecular complexity index is 1140. The first-order valence-electron chi connectivity index (χ1n) is 10.3. The SMILES string of the molecule is CCCc1ccc2c(c1-c1cc(C(F)(F)F)cc(C(F)(F)F)c1)C=C(c1ccccc1)C2. The minimum Gasteiger partial charge on any atom is -0.166 e. The van der Waals surface area contributed by atoms with Crippen LogP contribution in [0.4, 0.5) is 26.3 Å². The van der Waals surface area contributed by atoms with Crippen molar-refractivity contribution < 1.29 is 26.3 Å². The zero-order valence-corrected chi connectivity index (χ0v) is 17.2. The minimum absolute atomic E-state index is 0.0574. The Morgan fingerprint density at radius 3 is 1.94 bits per heavy atom. The molecule has 0 spiro atoms. The van der Waals surface area contributed by atoms with Gasteiger partial charge in [-0.3, -0.25) is 0 Å². The summed E-state index contributed by atoms with van der Waals surface area (Å²) in [5.74, 6) is 0. The minimum atomic E-state index is -4.88. The number of aryl methyl sites for hydroxylation is 1. The van der Waals surface area contributed by atoms with Crippen LogP contribution in [0.3, 0.4) is 0 Å². The predicted molar refractivity (Wildman–Crippen MR) is 114 cm³/mol. The van der Waals surface area contributed by atoms with Crippen molar-refractivity contribution in [2.45, 2.75) is 38.5 Å². The normalized spacial score (nSPS) is 13.8. The van der Waals surface area contributed by atoms with Gasteiger partial charge in [-0.25, -0.2) is 0 Å². The molecule has 4 rings (SSSR count). The van der Waals surface area contributed by atoms with Crippen molar-refractivity contribution in [3.63, 3.8) is 0 Å². The maximum absolute atomic E-state index is 13.5. The molecule has 0 saturated heterocycles. The summed E-state index contributed by atoms with van der Waals surface area (Å²) in [6.07, 6.45) is -6.04. The van der Waals surface area contributed by atoms with Gasteiger partial charge in [-0.2, -0.15) is 26.3 Å². The second kappa shape index (κ2) is 8.15. The van der Waals surface area contributed by atoms with E-state index in [1.165, 1.54) is 0 Å². The molecule has 0 heterocycles. The summed E-state index contributed by atoms with van der Waals surface area (Å²) in [5, 5.41) is 0. The monoisotopic (exact) mass is 446 g/mol. The van der Waals surface area contributed by atoms with Crippen LogP contribution in [0.5, 0.6) is 0 Å². The fourth-order valence-electron chi connectivity index (χ4n) is 4.21. The first kappa shape index (κ1) is 22.2. The van der Waals surface area contributed by atoms with E-state index in [0.29, 0.717) is 30.4 Å². The first-order valence-corrected chi connectivity index (χ1v) is 10.3. The molecule has 0 atom stereocenters. The Balaban J connectivity index is 1.97. The lowest BCUT2D eigenvalue weighted by Gasteiger charge is -2.18. The number of allylic oxidation sites excluding steroid dienone is 1. The first-order chi connectivity index (χ1) is 15.1. The van der Waals surface area contributed by atoms with Crippen molar-refractivity contribution in [3.05, 3.63) is 94.0 Å². The third-order valence-electron chi connectivity index (χ3n) is 5.66. The number of halogens is 6. The molecule has 6 heteroatoms. The summed E-state index contributed by atoms with van der Waals surface area (Å²) >= 11 is 0. The molecule has 0 fully saturated rings. The van der Waals surface area contributed by atoms with Gasteiger partial charge in [0, 0.05) is 0 Å². The van der Waals surface area contributed by atoms with Gasteiger partial charge in [-0.05, 0) is 76.1 Å². The molecule has 3 aromatic carbocycles. The molecule has 1 aliphatic carbocycles. The van der Waals surface area contributed by atoms with Gasteiger partial charge in [0.05, 0.1) is 11.1 Å². The molecular weight excluding hydrogens is 426 g/mol. The zero-order chi connectivity index (χ0) is 23.1. The van der Waals surface area contributed by atoms with Crippen molar-refractivity contribution >= 4 is 11.6 Å². The topological polar surface area (TPSA) is 0 Å². The van der Waals surface area contributed by atoms with E-state index >= 15 is 0 Å². The van der Waals surface area contributed by atoms with Gasteiger partial charge >= 0.3 is 12.4 Å². The highest BCUT2D eigenvalue weighted by Gasteiger charge is 2.37. The van der Waals surface area contributed by atoms with Gasteiger partial charge in [0.1, 0.15) is 0 Å². The zero-order valence-electron chi connectivity index (χ0n) is 17.2. The molecule has 1 aliphatic rings. The molecule has 32 heavy (non-hydrogen) atoms. The summed E-state index contributed by atoms with van der Waals surface area (Å²) in [6.45, 7) is 1.93. The van der Waals surface area contributed by atoms with E-state index < -0.39 is 23.5 Å². The quantitative estimate of drug-likeness (QED) is 0.353. The van der Waals surface area contributed by atoms with Crippen molar-refractivity contribution in [2.75, 3.05) is 0 Å². The average Bonchev–Trinajstić information content (AvgIpc) is 3.17. The van der Waals surface area contributed by atoms with E-state index in [-0.39, 0.29) is 11.6 Å². The molecule has 166 valence electrons. The van der Waals surface area contributed by atoms with Crippen LogP contribution < -0.4 is 0 Å². The molecule has 0 nitrogen and oxygen atoms in total. The van der Waals surface area contributed by atoms with Crippen molar-refractivity contribution in [2.24, 2.45) is 0 Å². The lowest BCUT2D eigenvalue weighted by molar-refractivity contribution is -0.143. The third-order valence-corrected chi connectivity index (χ3v) is 5.66. The van der Waals surface area contributed by atoms with E-state index in [9.17, 15) is 26.3 Å². The molecule has 0 bridgehead atoms. The van der Waals surface area contributed by atoms with Crippen molar-refractivity contribution in [1.82, 2.24) is 0 Å². The Labute approximate surface area is 182 Å². The van der Waals surface area contributed by atoms with E-state index in [4.69, 9.17) is 0 Å². The third kappa shape index (κ3) is 4.31. The van der Waals surface area contributed by atoms with Gasteiger partial charge in [-0.1, -0.05) is 55.8 Å². The van der Waals surface area contributed by atoms with E-state index in [1.54, 1.807) is 0 Å². The second-order valence-corrected chi connectivity index (χ2v) is 7.93. The summed E-state index contributed by atoms with van der Waals surface area (Å²) in [6, 6.07) is 15.1. The van der Waals surface area contributed by atoms with Crippen LogP contribution in [0.15, 0.2) is 60.7 Å². The fourth-order valence-corrected chi connectivity index (χ4v) is 4.21. The molecular formula is C26H20F6. The highest BCUT2D eigenvalue weighted by Crippen LogP contribution is 2.44. The second-order valence-electron chi connectivity index (χ2n) is 7.93. The van der Waals surface area contributed by atoms with Crippen LogP contribution in [-0.2, 0) is 25.2 Å². The molecule has 0 saturated carbocycles. The van der Waals surface area contributed by atoms with Gasteiger partial charge in [0.2, 0.25) is 0 Å².